The van der Waals surface area contributed by atoms with Gasteiger partial charge in [-0.05, 0) is 52.7 Å². The quantitative estimate of drug-likeness (QED) is 0.558. The van der Waals surface area contributed by atoms with Crippen molar-refractivity contribution in [2.24, 2.45) is 0 Å². The van der Waals surface area contributed by atoms with Crippen molar-refractivity contribution >= 4 is 16.6 Å². The summed E-state index contributed by atoms with van der Waals surface area (Å²) < 4.78 is 10.6. The summed E-state index contributed by atoms with van der Waals surface area (Å²) >= 11 is 0. The minimum absolute atomic E-state index is 0.0496. The number of carbonyl (C=O) groups excluding carboxylic acids is 1. The van der Waals surface area contributed by atoms with Crippen molar-refractivity contribution in [1.82, 2.24) is 0 Å². The van der Waals surface area contributed by atoms with Gasteiger partial charge in [0, 0.05) is 16.7 Å². The van der Waals surface area contributed by atoms with Gasteiger partial charge in [-0.1, -0.05) is 12.1 Å². The molecule has 0 unspecified atom stereocenters. The molecule has 1 aliphatic carbocycles. The highest BCUT2D eigenvalue weighted by Gasteiger charge is 2.28. The van der Waals surface area contributed by atoms with Crippen LogP contribution in [0.2, 0.25) is 0 Å². The van der Waals surface area contributed by atoms with Gasteiger partial charge < -0.3 is 9.47 Å². The Morgan fingerprint density at radius 2 is 1.36 bits per heavy atom. The van der Waals surface area contributed by atoms with Crippen LogP contribution >= 0.6 is 0 Å². The fourth-order valence-corrected chi connectivity index (χ4v) is 3.11. The number of fused-ring (bicyclic) bond motifs is 5. The summed E-state index contributed by atoms with van der Waals surface area (Å²) in [6.45, 7) is 0. The number of hydrogen-bond donors (Lipinski definition) is 0. The highest BCUT2D eigenvalue weighted by atomic mass is 16.5. The second-order valence-electron chi connectivity index (χ2n) is 5.32. The van der Waals surface area contributed by atoms with Gasteiger partial charge >= 0.3 is 0 Å². The first-order chi connectivity index (χ1) is 10.7. The smallest absolute Gasteiger partial charge is 0.194 e. The van der Waals surface area contributed by atoms with Crippen molar-refractivity contribution in [2.75, 3.05) is 14.2 Å². The number of ketones is 1. The molecule has 0 amide bonds. The molecule has 4 rings (SSSR count). The molecular weight excluding hydrogens is 276 g/mol. The Kier molecular flexibility index (Phi) is 2.70. The van der Waals surface area contributed by atoms with Crippen molar-refractivity contribution < 1.29 is 14.3 Å². The van der Waals surface area contributed by atoms with Crippen LogP contribution in [-0.4, -0.2) is 20.0 Å². The minimum atomic E-state index is 0.0496. The molecule has 0 saturated carbocycles. The van der Waals surface area contributed by atoms with Gasteiger partial charge in [-0.2, -0.15) is 0 Å². The Hall–Kier alpha value is -2.81. The maximum absolute atomic E-state index is 12.7. The summed E-state index contributed by atoms with van der Waals surface area (Å²) in [5.41, 5.74) is 3.38. The molecule has 3 nitrogen and oxygen atoms in total. The van der Waals surface area contributed by atoms with Crippen LogP contribution < -0.4 is 9.47 Å². The lowest BCUT2D eigenvalue weighted by Gasteiger charge is -2.08. The van der Waals surface area contributed by atoms with Gasteiger partial charge in [0.25, 0.3) is 0 Å². The molecule has 0 aromatic heterocycles. The lowest BCUT2D eigenvalue weighted by atomic mass is 9.97. The van der Waals surface area contributed by atoms with Crippen LogP contribution in [-0.2, 0) is 0 Å². The predicted octanol–water partition coefficient (Wildman–Crippen LogP) is 4.07. The Morgan fingerprint density at radius 1 is 0.727 bits per heavy atom. The van der Waals surface area contributed by atoms with Crippen LogP contribution in [0.3, 0.4) is 0 Å². The third kappa shape index (κ3) is 1.65. The van der Waals surface area contributed by atoms with Crippen LogP contribution in [0.5, 0.6) is 11.5 Å². The fraction of sp³-hybridized carbons (Fsp3) is 0.105. The number of carbonyl (C=O) groups is 1. The van der Waals surface area contributed by atoms with E-state index >= 15 is 0 Å². The average molecular weight is 290 g/mol. The third-order valence-corrected chi connectivity index (χ3v) is 4.21. The van der Waals surface area contributed by atoms with E-state index in [0.29, 0.717) is 11.3 Å². The third-order valence-electron chi connectivity index (χ3n) is 4.21. The predicted molar refractivity (Wildman–Crippen MR) is 85.9 cm³/mol. The number of ether oxygens (including phenoxy) is 2. The van der Waals surface area contributed by atoms with Crippen molar-refractivity contribution in [2.45, 2.75) is 0 Å². The molecule has 0 bridgehead atoms. The molecule has 0 spiro atoms. The van der Waals surface area contributed by atoms with Crippen molar-refractivity contribution in [3.63, 3.8) is 0 Å². The molecule has 0 saturated heterocycles. The number of benzene rings is 3. The Labute approximate surface area is 128 Å². The number of rotatable bonds is 2. The second-order valence-corrected chi connectivity index (χ2v) is 5.32. The van der Waals surface area contributed by atoms with Gasteiger partial charge in [0.15, 0.2) is 5.78 Å². The van der Waals surface area contributed by atoms with Gasteiger partial charge in [-0.25, -0.2) is 0 Å². The molecule has 3 aromatic carbocycles. The topological polar surface area (TPSA) is 35.5 Å². The van der Waals surface area contributed by atoms with Crippen molar-refractivity contribution in [3.8, 4) is 22.6 Å². The van der Waals surface area contributed by atoms with Crippen LogP contribution in [0.1, 0.15) is 15.9 Å². The Bertz CT molecular complexity index is 925. The Balaban J connectivity index is 2.08. The van der Waals surface area contributed by atoms with Gasteiger partial charge in [-0.3, -0.25) is 4.79 Å². The normalized spacial score (nSPS) is 12.2. The SMILES string of the molecule is COc1ccc2c(c1)C(=O)c1ccc3ccc(OC)cc3c1-2. The summed E-state index contributed by atoms with van der Waals surface area (Å²) in [6.07, 6.45) is 0. The molecule has 0 atom stereocenters. The Morgan fingerprint density at radius 3 is 2.14 bits per heavy atom. The first kappa shape index (κ1) is 12.9. The second kappa shape index (κ2) is 4.60. The van der Waals surface area contributed by atoms with E-state index in [2.05, 4.69) is 0 Å². The zero-order valence-electron chi connectivity index (χ0n) is 12.3. The van der Waals surface area contributed by atoms with E-state index in [1.165, 1.54) is 0 Å². The van der Waals surface area contributed by atoms with Gasteiger partial charge in [-0.15, -0.1) is 0 Å². The van der Waals surface area contributed by atoms with Crippen molar-refractivity contribution in [3.05, 3.63) is 59.7 Å². The molecule has 3 heteroatoms. The molecule has 0 fully saturated rings. The molecule has 1 aliphatic rings. The molecule has 0 radical (unpaired) electrons. The fourth-order valence-electron chi connectivity index (χ4n) is 3.11. The summed E-state index contributed by atoms with van der Waals surface area (Å²) in [4.78, 5) is 12.7. The molecule has 0 N–H and O–H groups in total. The van der Waals surface area contributed by atoms with Crippen molar-refractivity contribution in [1.29, 1.82) is 0 Å². The highest BCUT2D eigenvalue weighted by Crippen LogP contribution is 2.43. The molecule has 108 valence electrons. The van der Waals surface area contributed by atoms with E-state index in [1.807, 2.05) is 48.5 Å². The molecule has 0 heterocycles. The summed E-state index contributed by atoms with van der Waals surface area (Å²) in [5, 5.41) is 2.13. The maximum Gasteiger partial charge on any atom is 0.194 e. The zero-order valence-corrected chi connectivity index (χ0v) is 12.3. The number of methoxy groups -OCH3 is 2. The van der Waals surface area contributed by atoms with E-state index in [1.54, 1.807) is 14.2 Å². The van der Waals surface area contributed by atoms with Crippen LogP contribution in [0.15, 0.2) is 48.5 Å². The zero-order chi connectivity index (χ0) is 15.3. The lowest BCUT2D eigenvalue weighted by molar-refractivity contribution is 0.104. The summed E-state index contributed by atoms with van der Waals surface area (Å²) in [7, 11) is 3.25. The van der Waals surface area contributed by atoms with E-state index in [4.69, 9.17) is 9.47 Å². The minimum Gasteiger partial charge on any atom is -0.497 e. The van der Waals surface area contributed by atoms with Crippen LogP contribution in [0.25, 0.3) is 21.9 Å². The molecular formula is C19H14O3. The maximum atomic E-state index is 12.7. The summed E-state index contributed by atoms with van der Waals surface area (Å²) in [5.74, 6) is 1.53. The van der Waals surface area contributed by atoms with Crippen LogP contribution in [0, 0.1) is 0 Å². The van der Waals surface area contributed by atoms with Gasteiger partial charge in [0.1, 0.15) is 11.5 Å². The monoisotopic (exact) mass is 290 g/mol. The average Bonchev–Trinajstić information content (AvgIpc) is 2.87. The first-order valence-corrected chi connectivity index (χ1v) is 7.07. The lowest BCUT2D eigenvalue weighted by Crippen LogP contribution is -1.95. The van der Waals surface area contributed by atoms with Gasteiger partial charge in [0.2, 0.25) is 0 Å². The van der Waals surface area contributed by atoms with E-state index in [9.17, 15) is 4.79 Å². The van der Waals surface area contributed by atoms with E-state index < -0.39 is 0 Å². The summed E-state index contributed by atoms with van der Waals surface area (Å²) in [6, 6.07) is 15.5. The molecule has 3 aromatic rings. The highest BCUT2D eigenvalue weighted by molar-refractivity contribution is 6.26. The first-order valence-electron chi connectivity index (χ1n) is 7.07. The van der Waals surface area contributed by atoms with E-state index in [-0.39, 0.29) is 5.78 Å². The largest absolute Gasteiger partial charge is 0.497 e. The van der Waals surface area contributed by atoms with Gasteiger partial charge in [0.05, 0.1) is 14.2 Å². The standard InChI is InChI=1S/C19H14O3/c1-21-12-5-3-11-4-7-15-18(16(11)9-12)14-8-6-13(22-2)10-17(14)19(15)20/h3-10H,1-2H3. The number of hydrogen-bond acceptors (Lipinski definition) is 3. The van der Waals surface area contributed by atoms with E-state index in [0.717, 1.165) is 33.2 Å². The molecule has 0 aliphatic heterocycles. The molecule has 22 heavy (non-hydrogen) atoms. The van der Waals surface area contributed by atoms with Crippen LogP contribution in [0.4, 0.5) is 0 Å².